The van der Waals surface area contributed by atoms with Crippen molar-refractivity contribution in [3.8, 4) is 5.75 Å². The van der Waals surface area contributed by atoms with Gasteiger partial charge >= 0.3 is 6.03 Å². The van der Waals surface area contributed by atoms with Crippen molar-refractivity contribution in [2.75, 3.05) is 10.6 Å². The number of amides is 2. The SMILES string of the molecule is O=C(Nc1cccc(Cl)c1)Nc1cc(Cl)ccc1O. The summed E-state index contributed by atoms with van der Waals surface area (Å²) < 4.78 is 0. The Morgan fingerprint density at radius 3 is 2.47 bits per heavy atom. The number of carbonyl (C=O) groups excluding carboxylic acids is 1. The average Bonchev–Trinajstić information content (AvgIpc) is 2.34. The van der Waals surface area contributed by atoms with Crippen molar-refractivity contribution in [2.24, 2.45) is 0 Å². The number of hydrogen-bond acceptors (Lipinski definition) is 2. The lowest BCUT2D eigenvalue weighted by atomic mass is 10.3. The summed E-state index contributed by atoms with van der Waals surface area (Å²) in [7, 11) is 0. The molecule has 0 aliphatic rings. The third kappa shape index (κ3) is 3.77. The lowest BCUT2D eigenvalue weighted by molar-refractivity contribution is 0.262. The van der Waals surface area contributed by atoms with Crippen LogP contribution in [0.1, 0.15) is 0 Å². The summed E-state index contributed by atoms with van der Waals surface area (Å²) in [5, 5.41) is 15.6. The molecule has 2 aromatic carbocycles. The van der Waals surface area contributed by atoms with Gasteiger partial charge in [0, 0.05) is 15.7 Å². The summed E-state index contributed by atoms with van der Waals surface area (Å²) in [6, 6.07) is 10.6. The Morgan fingerprint density at radius 1 is 1.00 bits per heavy atom. The van der Waals surface area contributed by atoms with Crippen LogP contribution in [0.4, 0.5) is 16.2 Å². The number of rotatable bonds is 2. The Balaban J connectivity index is 2.07. The predicted molar refractivity (Wildman–Crippen MR) is 77.2 cm³/mol. The standard InChI is InChI=1S/C13H10Cl2N2O2/c14-8-2-1-3-10(6-8)16-13(19)17-11-7-9(15)4-5-12(11)18/h1-7,18H,(H2,16,17,19). The van der Waals surface area contributed by atoms with Gasteiger partial charge in [-0.15, -0.1) is 0 Å². The molecule has 0 aliphatic carbocycles. The molecule has 0 unspecified atom stereocenters. The quantitative estimate of drug-likeness (QED) is 0.722. The van der Waals surface area contributed by atoms with Crippen molar-refractivity contribution in [2.45, 2.75) is 0 Å². The largest absolute Gasteiger partial charge is 0.506 e. The van der Waals surface area contributed by atoms with Gasteiger partial charge in [-0.05, 0) is 36.4 Å². The van der Waals surface area contributed by atoms with Gasteiger partial charge in [-0.3, -0.25) is 0 Å². The number of nitrogens with one attached hydrogen (secondary N) is 2. The van der Waals surface area contributed by atoms with Gasteiger partial charge in [0.1, 0.15) is 5.75 Å². The van der Waals surface area contributed by atoms with Crippen molar-refractivity contribution in [1.29, 1.82) is 0 Å². The number of phenols is 1. The van der Waals surface area contributed by atoms with Crippen LogP contribution < -0.4 is 10.6 Å². The van der Waals surface area contributed by atoms with E-state index < -0.39 is 6.03 Å². The molecule has 0 fully saturated rings. The Bertz CT molecular complexity index is 617. The van der Waals surface area contributed by atoms with Crippen molar-refractivity contribution >= 4 is 40.6 Å². The first-order chi connectivity index (χ1) is 9.04. The van der Waals surface area contributed by atoms with Crippen molar-refractivity contribution in [1.82, 2.24) is 0 Å². The van der Waals surface area contributed by atoms with Gasteiger partial charge in [-0.25, -0.2) is 4.79 Å². The summed E-state index contributed by atoms with van der Waals surface area (Å²) in [5.41, 5.74) is 0.776. The van der Waals surface area contributed by atoms with Crippen LogP contribution in [0.5, 0.6) is 5.75 Å². The molecule has 19 heavy (non-hydrogen) atoms. The van der Waals surface area contributed by atoms with E-state index in [-0.39, 0.29) is 11.4 Å². The predicted octanol–water partition coefficient (Wildman–Crippen LogP) is 4.34. The normalized spacial score (nSPS) is 10.0. The molecule has 0 aromatic heterocycles. The molecule has 0 spiro atoms. The van der Waals surface area contributed by atoms with Gasteiger partial charge in [0.15, 0.2) is 0 Å². The maximum Gasteiger partial charge on any atom is 0.323 e. The number of urea groups is 1. The van der Waals surface area contributed by atoms with E-state index in [1.165, 1.54) is 18.2 Å². The van der Waals surface area contributed by atoms with E-state index in [0.717, 1.165) is 0 Å². The highest BCUT2D eigenvalue weighted by Crippen LogP contribution is 2.26. The van der Waals surface area contributed by atoms with Gasteiger partial charge in [0.25, 0.3) is 0 Å². The first kappa shape index (κ1) is 13.5. The molecule has 4 nitrogen and oxygen atoms in total. The van der Waals surface area contributed by atoms with E-state index in [1.807, 2.05) is 0 Å². The minimum Gasteiger partial charge on any atom is -0.506 e. The molecule has 98 valence electrons. The summed E-state index contributed by atoms with van der Waals surface area (Å²) in [6.07, 6.45) is 0. The van der Waals surface area contributed by atoms with E-state index in [0.29, 0.717) is 15.7 Å². The van der Waals surface area contributed by atoms with Gasteiger partial charge in [-0.1, -0.05) is 29.3 Å². The maximum atomic E-state index is 11.7. The summed E-state index contributed by atoms with van der Waals surface area (Å²) >= 11 is 11.6. The van der Waals surface area contributed by atoms with Crippen molar-refractivity contribution in [3.63, 3.8) is 0 Å². The molecule has 0 atom stereocenters. The van der Waals surface area contributed by atoms with Gasteiger partial charge in [0.2, 0.25) is 0 Å². The van der Waals surface area contributed by atoms with E-state index >= 15 is 0 Å². The molecule has 6 heteroatoms. The summed E-state index contributed by atoms with van der Waals surface area (Å²) in [6.45, 7) is 0. The van der Waals surface area contributed by atoms with E-state index in [4.69, 9.17) is 23.2 Å². The Morgan fingerprint density at radius 2 is 1.74 bits per heavy atom. The minimum absolute atomic E-state index is 0.0642. The van der Waals surface area contributed by atoms with E-state index in [9.17, 15) is 9.90 Å². The molecular formula is C13H10Cl2N2O2. The van der Waals surface area contributed by atoms with Crippen molar-refractivity contribution < 1.29 is 9.90 Å². The smallest absolute Gasteiger partial charge is 0.323 e. The third-order valence-corrected chi connectivity index (χ3v) is 2.76. The number of anilines is 2. The highest BCUT2D eigenvalue weighted by atomic mass is 35.5. The Hall–Kier alpha value is -1.91. The van der Waals surface area contributed by atoms with Crippen LogP contribution in [0.2, 0.25) is 10.0 Å². The molecule has 0 saturated carbocycles. The third-order valence-electron chi connectivity index (χ3n) is 2.29. The van der Waals surface area contributed by atoms with E-state index in [1.54, 1.807) is 24.3 Å². The molecule has 2 rings (SSSR count). The lowest BCUT2D eigenvalue weighted by Gasteiger charge is -2.09. The van der Waals surface area contributed by atoms with Gasteiger partial charge in [0.05, 0.1) is 5.69 Å². The maximum absolute atomic E-state index is 11.7. The van der Waals surface area contributed by atoms with E-state index in [2.05, 4.69) is 10.6 Å². The van der Waals surface area contributed by atoms with Crippen LogP contribution in [-0.4, -0.2) is 11.1 Å². The fourth-order valence-electron chi connectivity index (χ4n) is 1.46. The number of aromatic hydroxyl groups is 1. The van der Waals surface area contributed by atoms with Crippen LogP contribution >= 0.6 is 23.2 Å². The second-order valence-electron chi connectivity index (χ2n) is 3.75. The molecule has 0 aliphatic heterocycles. The van der Waals surface area contributed by atoms with Crippen LogP contribution in [0, 0.1) is 0 Å². The molecule has 0 radical (unpaired) electrons. The number of phenolic OH excluding ortho intramolecular Hbond substituents is 1. The summed E-state index contributed by atoms with van der Waals surface area (Å²) in [5.74, 6) is -0.0642. The summed E-state index contributed by atoms with van der Waals surface area (Å²) in [4.78, 5) is 11.7. The highest BCUT2D eigenvalue weighted by molar-refractivity contribution is 6.31. The number of benzene rings is 2. The first-order valence-electron chi connectivity index (χ1n) is 5.37. The van der Waals surface area contributed by atoms with Gasteiger partial charge in [-0.2, -0.15) is 0 Å². The van der Waals surface area contributed by atoms with Gasteiger partial charge < -0.3 is 15.7 Å². The average molecular weight is 297 g/mol. The Labute approximate surface area is 120 Å². The Kier molecular flexibility index (Phi) is 4.14. The number of carbonyl (C=O) groups is 1. The monoisotopic (exact) mass is 296 g/mol. The molecule has 2 amide bonds. The molecule has 0 bridgehead atoms. The fraction of sp³-hybridized carbons (Fsp3) is 0. The molecule has 0 saturated heterocycles. The molecule has 3 N–H and O–H groups in total. The second kappa shape index (κ2) is 5.82. The number of hydrogen-bond donors (Lipinski definition) is 3. The second-order valence-corrected chi connectivity index (χ2v) is 4.62. The zero-order chi connectivity index (χ0) is 13.8. The van der Waals surface area contributed by atoms with Crippen LogP contribution in [0.3, 0.4) is 0 Å². The minimum atomic E-state index is -0.500. The van der Waals surface area contributed by atoms with Crippen LogP contribution in [-0.2, 0) is 0 Å². The number of halogens is 2. The lowest BCUT2D eigenvalue weighted by Crippen LogP contribution is -2.19. The molecular weight excluding hydrogens is 287 g/mol. The van der Waals surface area contributed by atoms with Crippen LogP contribution in [0.15, 0.2) is 42.5 Å². The molecule has 2 aromatic rings. The first-order valence-corrected chi connectivity index (χ1v) is 6.12. The fourth-order valence-corrected chi connectivity index (χ4v) is 1.82. The topological polar surface area (TPSA) is 61.4 Å². The van der Waals surface area contributed by atoms with Crippen LogP contribution in [0.25, 0.3) is 0 Å². The zero-order valence-corrected chi connectivity index (χ0v) is 11.2. The highest BCUT2D eigenvalue weighted by Gasteiger charge is 2.07. The molecule has 0 heterocycles. The van der Waals surface area contributed by atoms with Crippen molar-refractivity contribution in [3.05, 3.63) is 52.5 Å². The zero-order valence-electron chi connectivity index (χ0n) is 9.65.